The zero-order chi connectivity index (χ0) is 18.4. The Kier molecular flexibility index (Phi) is 4.30. The second kappa shape index (κ2) is 6.81. The SMILES string of the molecule is BrC1=Cc2c3c(n(-c4ccc(-c5ccccc5)cc4)c2=CC1)=CC=C(Br)C3. The minimum Gasteiger partial charge on any atom is -0.310 e. The maximum absolute atomic E-state index is 3.69. The smallest absolute Gasteiger partial charge is 0.0504 e. The van der Waals surface area contributed by atoms with E-state index in [0.29, 0.717) is 0 Å². The molecule has 2 aromatic carbocycles. The molecule has 0 bridgehead atoms. The normalized spacial score (nSPS) is 15.0. The van der Waals surface area contributed by atoms with Gasteiger partial charge in [0.05, 0.1) is 10.7 Å². The maximum atomic E-state index is 3.69. The molecule has 27 heavy (non-hydrogen) atoms. The summed E-state index contributed by atoms with van der Waals surface area (Å²) < 4.78 is 4.86. The van der Waals surface area contributed by atoms with Crippen LogP contribution in [0.15, 0.2) is 69.6 Å². The molecule has 0 spiro atoms. The van der Waals surface area contributed by atoms with E-state index in [1.54, 1.807) is 0 Å². The van der Waals surface area contributed by atoms with E-state index in [2.05, 4.69) is 115 Å². The number of fused-ring (bicyclic) bond motifs is 3. The number of hydrogen-bond acceptors (Lipinski definition) is 0. The van der Waals surface area contributed by atoms with E-state index < -0.39 is 0 Å². The molecule has 0 N–H and O–H groups in total. The van der Waals surface area contributed by atoms with Crippen molar-refractivity contribution in [2.24, 2.45) is 0 Å². The Balaban J connectivity index is 1.70. The van der Waals surface area contributed by atoms with E-state index in [0.717, 1.165) is 12.8 Å². The van der Waals surface area contributed by atoms with Gasteiger partial charge in [-0.05, 0) is 62.4 Å². The van der Waals surface area contributed by atoms with Crippen LogP contribution in [0.4, 0.5) is 0 Å². The summed E-state index contributed by atoms with van der Waals surface area (Å²) in [6.45, 7) is 0. The molecule has 0 unspecified atom stereocenters. The van der Waals surface area contributed by atoms with Crippen molar-refractivity contribution < 1.29 is 0 Å². The molecule has 0 radical (unpaired) electrons. The second-order valence-corrected chi connectivity index (χ2v) is 8.90. The van der Waals surface area contributed by atoms with Crippen molar-refractivity contribution in [1.82, 2.24) is 4.57 Å². The van der Waals surface area contributed by atoms with Crippen LogP contribution >= 0.6 is 31.9 Å². The zero-order valence-corrected chi connectivity index (χ0v) is 17.8. The molecule has 0 aliphatic heterocycles. The molecule has 2 aliphatic carbocycles. The van der Waals surface area contributed by atoms with E-state index in [1.165, 1.54) is 47.6 Å². The van der Waals surface area contributed by atoms with Crippen molar-refractivity contribution in [2.45, 2.75) is 12.8 Å². The molecule has 0 atom stereocenters. The quantitative estimate of drug-likeness (QED) is 0.446. The van der Waals surface area contributed by atoms with Crippen LogP contribution in [-0.4, -0.2) is 4.57 Å². The van der Waals surface area contributed by atoms with Crippen LogP contribution in [0.2, 0.25) is 0 Å². The zero-order valence-electron chi connectivity index (χ0n) is 14.6. The number of benzene rings is 2. The highest BCUT2D eigenvalue weighted by molar-refractivity contribution is 9.12. The molecular weight excluding hydrogens is 462 g/mol. The summed E-state index contributed by atoms with van der Waals surface area (Å²) in [6, 6.07) is 19.4. The predicted molar refractivity (Wildman–Crippen MR) is 122 cm³/mol. The first-order chi connectivity index (χ1) is 13.2. The summed E-state index contributed by atoms with van der Waals surface area (Å²) in [4.78, 5) is 0. The molecular formula is C24H17Br2N. The van der Waals surface area contributed by atoms with Crippen LogP contribution in [0, 0.1) is 0 Å². The van der Waals surface area contributed by atoms with Gasteiger partial charge in [-0.1, -0.05) is 80.4 Å². The molecule has 0 saturated heterocycles. The molecule has 1 nitrogen and oxygen atoms in total. The summed E-state index contributed by atoms with van der Waals surface area (Å²) in [5.74, 6) is 0. The largest absolute Gasteiger partial charge is 0.310 e. The summed E-state index contributed by atoms with van der Waals surface area (Å²) in [5, 5.41) is 2.58. The van der Waals surface area contributed by atoms with Crippen LogP contribution in [-0.2, 0) is 6.42 Å². The Bertz CT molecular complexity index is 1210. The van der Waals surface area contributed by atoms with Gasteiger partial charge < -0.3 is 4.57 Å². The van der Waals surface area contributed by atoms with E-state index in [1.807, 2.05) is 0 Å². The van der Waals surface area contributed by atoms with Crippen molar-refractivity contribution >= 4 is 50.1 Å². The highest BCUT2D eigenvalue weighted by Gasteiger charge is 2.19. The lowest BCUT2D eigenvalue weighted by atomic mass is 10.0. The number of aromatic nitrogens is 1. The van der Waals surface area contributed by atoms with Crippen LogP contribution in [0.1, 0.15) is 17.5 Å². The lowest BCUT2D eigenvalue weighted by molar-refractivity contribution is 0.976. The van der Waals surface area contributed by atoms with Gasteiger partial charge in [-0.3, -0.25) is 0 Å². The van der Waals surface area contributed by atoms with Gasteiger partial charge in [-0.2, -0.15) is 0 Å². The van der Waals surface area contributed by atoms with Gasteiger partial charge in [-0.25, -0.2) is 0 Å². The van der Waals surface area contributed by atoms with Crippen molar-refractivity contribution in [3.63, 3.8) is 0 Å². The van der Waals surface area contributed by atoms with E-state index in [-0.39, 0.29) is 0 Å². The third-order valence-corrected chi connectivity index (χ3v) is 6.28. The predicted octanol–water partition coefficient (Wildman–Crippen LogP) is 5.68. The van der Waals surface area contributed by atoms with E-state index in [9.17, 15) is 0 Å². The Morgan fingerprint density at radius 2 is 1.48 bits per heavy atom. The summed E-state index contributed by atoms with van der Waals surface area (Å²) in [5.41, 5.74) is 6.42. The first-order valence-corrected chi connectivity index (χ1v) is 10.6. The molecule has 0 fully saturated rings. The number of hydrogen-bond donors (Lipinski definition) is 0. The Hall–Kier alpha value is -2.10. The number of rotatable bonds is 2. The van der Waals surface area contributed by atoms with Gasteiger partial charge in [0.1, 0.15) is 0 Å². The standard InChI is InChI=1S/C24H17Br2N/c25-18-8-12-23-21(14-18)22-15-19(26)9-13-24(22)27(23)20-10-6-17(7-11-20)16-4-2-1-3-5-16/h1-8,10-13,15H,9,14H2. The molecule has 1 heterocycles. The van der Waals surface area contributed by atoms with E-state index in [4.69, 9.17) is 0 Å². The first kappa shape index (κ1) is 17.0. The van der Waals surface area contributed by atoms with Gasteiger partial charge in [0.25, 0.3) is 0 Å². The van der Waals surface area contributed by atoms with Crippen molar-refractivity contribution in [3.8, 4) is 16.8 Å². The number of halogens is 2. The highest BCUT2D eigenvalue weighted by atomic mass is 79.9. The van der Waals surface area contributed by atoms with Gasteiger partial charge in [0, 0.05) is 17.7 Å². The average Bonchev–Trinajstić information content (AvgIpc) is 3.02. The fourth-order valence-corrected chi connectivity index (χ4v) is 4.72. The van der Waals surface area contributed by atoms with Crippen molar-refractivity contribution in [2.75, 3.05) is 0 Å². The monoisotopic (exact) mass is 477 g/mol. The minimum atomic E-state index is 0.937. The fourth-order valence-electron chi connectivity index (χ4n) is 3.92. The topological polar surface area (TPSA) is 4.93 Å². The molecule has 3 aromatic rings. The summed E-state index contributed by atoms with van der Waals surface area (Å²) >= 11 is 7.37. The third kappa shape index (κ3) is 2.99. The summed E-state index contributed by atoms with van der Waals surface area (Å²) in [7, 11) is 0. The van der Waals surface area contributed by atoms with Gasteiger partial charge in [0.15, 0.2) is 0 Å². The van der Waals surface area contributed by atoms with Crippen LogP contribution in [0.25, 0.3) is 35.0 Å². The lowest BCUT2D eigenvalue weighted by Crippen LogP contribution is -2.27. The Morgan fingerprint density at radius 3 is 2.26 bits per heavy atom. The van der Waals surface area contributed by atoms with Crippen molar-refractivity contribution in [3.05, 3.63) is 91.5 Å². The van der Waals surface area contributed by atoms with Crippen molar-refractivity contribution in [1.29, 1.82) is 0 Å². The van der Waals surface area contributed by atoms with Gasteiger partial charge in [0.2, 0.25) is 0 Å². The molecule has 0 saturated carbocycles. The average molecular weight is 479 g/mol. The highest BCUT2D eigenvalue weighted by Crippen LogP contribution is 2.26. The molecule has 2 aliphatic rings. The Morgan fingerprint density at radius 1 is 0.741 bits per heavy atom. The van der Waals surface area contributed by atoms with Crippen LogP contribution < -0.4 is 10.7 Å². The molecule has 1 aromatic heterocycles. The molecule has 5 rings (SSSR count). The van der Waals surface area contributed by atoms with E-state index >= 15 is 0 Å². The number of allylic oxidation sites excluding steroid dienone is 3. The van der Waals surface area contributed by atoms with Crippen LogP contribution in [0.5, 0.6) is 0 Å². The molecule has 3 heteroatoms. The molecule has 132 valence electrons. The van der Waals surface area contributed by atoms with Gasteiger partial charge in [-0.15, -0.1) is 0 Å². The molecule has 0 amide bonds. The Labute approximate surface area is 175 Å². The van der Waals surface area contributed by atoms with Crippen LogP contribution in [0.3, 0.4) is 0 Å². The third-order valence-electron chi connectivity index (χ3n) is 5.18. The fraction of sp³-hybridized carbons (Fsp3) is 0.0833. The van der Waals surface area contributed by atoms with Gasteiger partial charge >= 0.3 is 0 Å². The second-order valence-electron chi connectivity index (χ2n) is 6.87. The first-order valence-electron chi connectivity index (χ1n) is 9.03. The lowest BCUT2D eigenvalue weighted by Gasteiger charge is -2.10. The summed E-state index contributed by atoms with van der Waals surface area (Å²) in [6.07, 6.45) is 10.9. The minimum absolute atomic E-state index is 0.937. The maximum Gasteiger partial charge on any atom is 0.0504 e. The number of nitrogens with zero attached hydrogens (tertiary/aromatic N) is 1.